The predicted molar refractivity (Wildman–Crippen MR) is 66.9 cm³/mol. The summed E-state index contributed by atoms with van der Waals surface area (Å²) in [5.41, 5.74) is 1.64. The fraction of sp³-hybridized carbons (Fsp3) is 0.846. The molecular formula is C13H22N4. The van der Waals surface area contributed by atoms with Crippen molar-refractivity contribution in [3.05, 3.63) is 11.5 Å². The topological polar surface area (TPSA) is 12.7 Å². The molecule has 4 nitrogen and oxygen atoms in total. The summed E-state index contributed by atoms with van der Waals surface area (Å²) in [6.45, 7) is 8.89. The monoisotopic (exact) mass is 234 g/mol. The highest BCUT2D eigenvalue weighted by Crippen LogP contribution is 2.35. The van der Waals surface area contributed by atoms with Crippen LogP contribution in [-0.4, -0.2) is 65.6 Å². The zero-order valence-corrected chi connectivity index (χ0v) is 10.6. The van der Waals surface area contributed by atoms with E-state index >= 15 is 0 Å². The van der Waals surface area contributed by atoms with Crippen molar-refractivity contribution in [2.45, 2.75) is 25.7 Å². The van der Waals surface area contributed by atoms with Crippen LogP contribution in [0.15, 0.2) is 11.5 Å². The van der Waals surface area contributed by atoms with Crippen LogP contribution in [-0.2, 0) is 0 Å². The first kappa shape index (κ1) is 10.1. The van der Waals surface area contributed by atoms with Gasteiger partial charge >= 0.3 is 0 Å². The van der Waals surface area contributed by atoms with Gasteiger partial charge in [0.1, 0.15) is 5.82 Å². The van der Waals surface area contributed by atoms with Crippen LogP contribution in [0.1, 0.15) is 25.7 Å². The molecule has 4 rings (SSSR count). The van der Waals surface area contributed by atoms with Gasteiger partial charge in [0.2, 0.25) is 0 Å². The Morgan fingerprint density at radius 2 is 1.41 bits per heavy atom. The van der Waals surface area contributed by atoms with E-state index in [1.807, 2.05) is 0 Å². The van der Waals surface area contributed by atoms with Crippen molar-refractivity contribution >= 4 is 0 Å². The molecule has 0 aromatic carbocycles. The number of rotatable bonds is 3. The van der Waals surface area contributed by atoms with E-state index in [-0.39, 0.29) is 0 Å². The fourth-order valence-corrected chi connectivity index (χ4v) is 3.29. The van der Waals surface area contributed by atoms with Crippen molar-refractivity contribution in [3.8, 4) is 0 Å². The van der Waals surface area contributed by atoms with Crippen LogP contribution >= 0.6 is 0 Å². The van der Waals surface area contributed by atoms with E-state index in [4.69, 9.17) is 0 Å². The van der Waals surface area contributed by atoms with Gasteiger partial charge in [0.05, 0.1) is 5.70 Å². The number of hydrazine groups is 1. The number of nitrogens with zero attached hydrogens (tertiary/aromatic N) is 4. The quantitative estimate of drug-likeness (QED) is 0.672. The second-order valence-corrected chi connectivity index (χ2v) is 5.63. The van der Waals surface area contributed by atoms with Crippen LogP contribution in [0, 0.1) is 0 Å². The van der Waals surface area contributed by atoms with Gasteiger partial charge in [0.15, 0.2) is 0 Å². The van der Waals surface area contributed by atoms with Crippen LogP contribution < -0.4 is 0 Å². The largest absolute Gasteiger partial charge is 0.368 e. The molecule has 0 aromatic rings. The van der Waals surface area contributed by atoms with Gasteiger partial charge in [-0.25, -0.2) is 5.01 Å². The molecule has 0 unspecified atom stereocenters. The van der Waals surface area contributed by atoms with Gasteiger partial charge in [0.25, 0.3) is 0 Å². The van der Waals surface area contributed by atoms with Crippen molar-refractivity contribution in [2.24, 2.45) is 0 Å². The molecule has 0 radical (unpaired) electrons. The van der Waals surface area contributed by atoms with Gasteiger partial charge < -0.3 is 9.80 Å². The second-order valence-electron chi connectivity index (χ2n) is 5.63. The van der Waals surface area contributed by atoms with Gasteiger partial charge in [-0.05, 0) is 19.3 Å². The van der Waals surface area contributed by atoms with E-state index < -0.39 is 0 Å². The average molecular weight is 234 g/mol. The molecule has 0 N–H and O–H groups in total. The SMILES string of the molecule is C1CN(C2=C(N3CC3)CCN2N2CCCC2)C1. The summed E-state index contributed by atoms with van der Waals surface area (Å²) in [5, 5.41) is 5.18. The van der Waals surface area contributed by atoms with E-state index in [9.17, 15) is 0 Å². The minimum absolute atomic E-state index is 1.22. The molecule has 3 fully saturated rings. The minimum Gasteiger partial charge on any atom is -0.368 e. The highest BCUT2D eigenvalue weighted by molar-refractivity contribution is 5.21. The molecule has 0 bridgehead atoms. The molecule has 4 aliphatic rings. The molecule has 17 heavy (non-hydrogen) atoms. The Balaban J connectivity index is 1.61. The molecule has 94 valence electrons. The summed E-state index contributed by atoms with van der Waals surface area (Å²) < 4.78 is 0. The molecule has 0 amide bonds. The third-order valence-corrected chi connectivity index (χ3v) is 4.47. The zero-order valence-electron chi connectivity index (χ0n) is 10.6. The van der Waals surface area contributed by atoms with E-state index in [1.165, 1.54) is 71.5 Å². The summed E-state index contributed by atoms with van der Waals surface area (Å²) >= 11 is 0. The van der Waals surface area contributed by atoms with Gasteiger partial charge in [-0.1, -0.05) is 0 Å². The predicted octanol–water partition coefficient (Wildman–Crippen LogP) is 0.893. The molecule has 0 saturated carbocycles. The standard InChI is InChI=1S/C13H22N4/c1-2-8-16(7-1)17-9-4-12(14-10-11-14)13(17)15-5-3-6-15/h1-11H2. The van der Waals surface area contributed by atoms with Crippen molar-refractivity contribution in [3.63, 3.8) is 0 Å². The molecule has 4 heterocycles. The highest BCUT2D eigenvalue weighted by Gasteiger charge is 2.38. The van der Waals surface area contributed by atoms with Gasteiger partial charge in [-0.3, -0.25) is 5.01 Å². The van der Waals surface area contributed by atoms with E-state index in [1.54, 1.807) is 11.5 Å². The Hall–Kier alpha value is -0.900. The lowest BCUT2D eigenvalue weighted by atomic mass is 10.2. The third kappa shape index (κ3) is 1.61. The maximum atomic E-state index is 2.60. The van der Waals surface area contributed by atoms with Crippen molar-refractivity contribution in [2.75, 3.05) is 45.8 Å². The van der Waals surface area contributed by atoms with E-state index in [2.05, 4.69) is 19.8 Å². The molecule has 0 aliphatic carbocycles. The fourth-order valence-electron chi connectivity index (χ4n) is 3.29. The molecule has 0 atom stereocenters. The Kier molecular flexibility index (Phi) is 2.25. The molecule has 4 aliphatic heterocycles. The van der Waals surface area contributed by atoms with E-state index in [0.717, 1.165) is 0 Å². The van der Waals surface area contributed by atoms with Gasteiger partial charge in [0, 0.05) is 52.2 Å². The molecule has 3 saturated heterocycles. The number of hydrogen-bond acceptors (Lipinski definition) is 4. The van der Waals surface area contributed by atoms with Crippen LogP contribution in [0.25, 0.3) is 0 Å². The zero-order chi connectivity index (χ0) is 11.2. The molecule has 4 heteroatoms. The minimum atomic E-state index is 1.22. The summed E-state index contributed by atoms with van der Waals surface area (Å²) in [6.07, 6.45) is 5.40. The lowest BCUT2D eigenvalue weighted by molar-refractivity contribution is -0.000382. The molecule has 0 aromatic heterocycles. The van der Waals surface area contributed by atoms with Gasteiger partial charge in [-0.15, -0.1) is 0 Å². The number of hydrogen-bond donors (Lipinski definition) is 0. The first-order valence-electron chi connectivity index (χ1n) is 7.19. The van der Waals surface area contributed by atoms with Crippen molar-refractivity contribution in [1.82, 2.24) is 19.8 Å². The summed E-state index contributed by atoms with van der Waals surface area (Å²) in [7, 11) is 0. The normalized spacial score (nSPS) is 29.3. The average Bonchev–Trinajstić information content (AvgIpc) is 2.81. The number of likely N-dealkylation sites (tertiary alicyclic amines) is 1. The molecule has 0 spiro atoms. The summed E-state index contributed by atoms with van der Waals surface area (Å²) in [4.78, 5) is 5.16. The Morgan fingerprint density at radius 1 is 0.647 bits per heavy atom. The van der Waals surface area contributed by atoms with Crippen LogP contribution in [0.3, 0.4) is 0 Å². The Morgan fingerprint density at radius 3 is 2.00 bits per heavy atom. The lowest BCUT2D eigenvalue weighted by Crippen LogP contribution is -2.48. The van der Waals surface area contributed by atoms with Crippen molar-refractivity contribution < 1.29 is 0 Å². The third-order valence-electron chi connectivity index (χ3n) is 4.47. The van der Waals surface area contributed by atoms with E-state index in [0.29, 0.717) is 0 Å². The first-order valence-corrected chi connectivity index (χ1v) is 7.19. The second kappa shape index (κ2) is 3.80. The van der Waals surface area contributed by atoms with Crippen molar-refractivity contribution in [1.29, 1.82) is 0 Å². The lowest BCUT2D eigenvalue weighted by Gasteiger charge is -2.42. The van der Waals surface area contributed by atoms with Crippen LogP contribution in [0.2, 0.25) is 0 Å². The smallest absolute Gasteiger partial charge is 0.138 e. The van der Waals surface area contributed by atoms with Gasteiger partial charge in [-0.2, -0.15) is 0 Å². The Bertz CT molecular complexity index is 337. The summed E-state index contributed by atoms with van der Waals surface area (Å²) in [6, 6.07) is 0. The first-order chi connectivity index (χ1) is 8.43. The molecular weight excluding hydrogens is 212 g/mol. The highest BCUT2D eigenvalue weighted by atomic mass is 15.7. The summed E-state index contributed by atoms with van der Waals surface area (Å²) in [5.74, 6) is 1.57. The maximum absolute atomic E-state index is 2.60. The Labute approximate surface area is 103 Å². The van der Waals surface area contributed by atoms with Crippen LogP contribution in [0.5, 0.6) is 0 Å². The maximum Gasteiger partial charge on any atom is 0.138 e. The van der Waals surface area contributed by atoms with Crippen LogP contribution in [0.4, 0.5) is 0 Å².